The molecule has 1 aliphatic rings. The first-order valence-electron chi connectivity index (χ1n) is 6.89. The summed E-state index contributed by atoms with van der Waals surface area (Å²) in [6.45, 7) is 6.84. The molecule has 0 aliphatic carbocycles. The Morgan fingerprint density at radius 3 is 2.77 bits per heavy atom. The van der Waals surface area contributed by atoms with E-state index in [0.717, 1.165) is 38.5 Å². The van der Waals surface area contributed by atoms with Crippen molar-refractivity contribution < 1.29 is 9.53 Å². The Labute approximate surface area is 147 Å². The van der Waals surface area contributed by atoms with Crippen LogP contribution < -0.4 is 10.6 Å². The van der Waals surface area contributed by atoms with Crippen LogP contribution in [-0.4, -0.2) is 55.7 Å². The molecule has 1 saturated heterocycles. The van der Waals surface area contributed by atoms with E-state index in [0.29, 0.717) is 11.7 Å². The minimum atomic E-state index is -0.0633. The van der Waals surface area contributed by atoms with E-state index in [-0.39, 0.29) is 36.6 Å². The van der Waals surface area contributed by atoms with Crippen LogP contribution in [0.25, 0.3) is 0 Å². The summed E-state index contributed by atoms with van der Waals surface area (Å²) < 4.78 is 5.32. The predicted molar refractivity (Wildman–Crippen MR) is 94.4 cm³/mol. The number of anilines is 1. The summed E-state index contributed by atoms with van der Waals surface area (Å²) in [6, 6.07) is 0. The van der Waals surface area contributed by atoms with Gasteiger partial charge in [0.1, 0.15) is 0 Å². The molecule has 0 aromatic carbocycles. The molecule has 128 valence electrons. The number of rotatable bonds is 6. The molecule has 2 N–H and O–H groups in total. The number of aromatic nitrogens is 1. The molecule has 1 aromatic rings. The molecule has 2 rings (SSSR count). The summed E-state index contributed by atoms with van der Waals surface area (Å²) in [5.41, 5.74) is 1.01. The van der Waals surface area contributed by atoms with Gasteiger partial charge in [0, 0.05) is 37.5 Å². The van der Waals surface area contributed by atoms with Gasteiger partial charge in [0.2, 0.25) is 5.91 Å². The highest BCUT2D eigenvalue weighted by atomic mass is 35.5. The third kappa shape index (κ3) is 6.76. The molecule has 1 fully saturated rings. The molecule has 1 amide bonds. The van der Waals surface area contributed by atoms with Crippen LogP contribution in [-0.2, 0) is 16.1 Å². The van der Waals surface area contributed by atoms with Crippen molar-refractivity contribution in [2.24, 2.45) is 5.92 Å². The Morgan fingerprint density at radius 2 is 2.14 bits per heavy atom. The maximum atomic E-state index is 11.9. The van der Waals surface area contributed by atoms with Gasteiger partial charge in [0.05, 0.1) is 18.9 Å². The van der Waals surface area contributed by atoms with Crippen molar-refractivity contribution >= 4 is 47.2 Å². The molecule has 0 spiro atoms. The minimum absolute atomic E-state index is 0. The zero-order valence-corrected chi connectivity index (χ0v) is 15.3. The second kappa shape index (κ2) is 11.2. The fourth-order valence-corrected chi connectivity index (χ4v) is 2.76. The fraction of sp³-hybridized carbons (Fsp3) is 0.692. The van der Waals surface area contributed by atoms with Gasteiger partial charge in [-0.3, -0.25) is 9.69 Å². The van der Waals surface area contributed by atoms with E-state index in [1.807, 2.05) is 19.4 Å². The summed E-state index contributed by atoms with van der Waals surface area (Å²) in [5, 5.41) is 8.56. The number of thiazole rings is 1. The van der Waals surface area contributed by atoms with Gasteiger partial charge in [0.15, 0.2) is 5.13 Å². The van der Waals surface area contributed by atoms with Crippen molar-refractivity contribution in [2.75, 3.05) is 45.2 Å². The summed E-state index contributed by atoms with van der Waals surface area (Å²) in [5.74, 6) is -0.0572. The van der Waals surface area contributed by atoms with Crippen LogP contribution in [0.3, 0.4) is 0 Å². The third-order valence-electron chi connectivity index (χ3n) is 3.23. The van der Waals surface area contributed by atoms with E-state index in [1.165, 1.54) is 11.3 Å². The molecule has 1 unspecified atom stereocenters. The van der Waals surface area contributed by atoms with Gasteiger partial charge in [0.25, 0.3) is 0 Å². The lowest BCUT2D eigenvalue weighted by Crippen LogP contribution is -2.35. The van der Waals surface area contributed by atoms with Crippen LogP contribution in [0.4, 0.5) is 5.13 Å². The summed E-state index contributed by atoms with van der Waals surface area (Å²) >= 11 is 1.48. The number of morpholine rings is 1. The second-order valence-corrected chi connectivity index (χ2v) is 5.84. The number of carbonyl (C=O) groups is 1. The van der Waals surface area contributed by atoms with E-state index >= 15 is 0 Å². The van der Waals surface area contributed by atoms with E-state index < -0.39 is 0 Å². The standard InChI is InChI=1S/C13H22N4O2S.2ClH/c1-10(7-14-2)12(18)16-13-15-11(9-20-13)8-17-3-5-19-6-4-17;;/h9-10,14H,3-8H2,1-2H3,(H,15,16,18);2*1H. The summed E-state index contributed by atoms with van der Waals surface area (Å²) in [4.78, 5) is 18.7. The predicted octanol–water partition coefficient (Wildman–Crippen LogP) is 1.61. The van der Waals surface area contributed by atoms with Crippen molar-refractivity contribution in [2.45, 2.75) is 13.5 Å². The van der Waals surface area contributed by atoms with Crippen molar-refractivity contribution in [3.05, 3.63) is 11.1 Å². The SMILES string of the molecule is CNCC(C)C(=O)Nc1nc(CN2CCOCC2)cs1.Cl.Cl. The molecule has 0 bridgehead atoms. The molecule has 6 nitrogen and oxygen atoms in total. The topological polar surface area (TPSA) is 66.5 Å². The molecule has 1 aromatic heterocycles. The molecule has 0 saturated carbocycles. The molecule has 22 heavy (non-hydrogen) atoms. The molecular weight excluding hydrogens is 347 g/mol. The van der Waals surface area contributed by atoms with Gasteiger partial charge in [-0.1, -0.05) is 6.92 Å². The van der Waals surface area contributed by atoms with Gasteiger partial charge in [-0.25, -0.2) is 4.98 Å². The molecule has 2 heterocycles. The maximum Gasteiger partial charge on any atom is 0.230 e. The van der Waals surface area contributed by atoms with Gasteiger partial charge in [-0.2, -0.15) is 0 Å². The van der Waals surface area contributed by atoms with Crippen LogP contribution in [0.1, 0.15) is 12.6 Å². The monoisotopic (exact) mass is 370 g/mol. The largest absolute Gasteiger partial charge is 0.379 e. The summed E-state index contributed by atoms with van der Waals surface area (Å²) in [6.07, 6.45) is 0. The molecular formula is C13H24Cl2N4O2S. The Hall–Kier alpha value is -0.440. The highest BCUT2D eigenvalue weighted by Crippen LogP contribution is 2.18. The van der Waals surface area contributed by atoms with E-state index in [4.69, 9.17) is 4.74 Å². The van der Waals surface area contributed by atoms with Gasteiger partial charge < -0.3 is 15.4 Å². The fourth-order valence-electron chi connectivity index (χ4n) is 2.05. The van der Waals surface area contributed by atoms with Crippen LogP contribution >= 0.6 is 36.2 Å². The minimum Gasteiger partial charge on any atom is -0.379 e. The average Bonchev–Trinajstić information content (AvgIpc) is 2.87. The first-order chi connectivity index (χ1) is 9.69. The molecule has 9 heteroatoms. The van der Waals surface area contributed by atoms with Gasteiger partial charge in [-0.05, 0) is 7.05 Å². The smallest absolute Gasteiger partial charge is 0.230 e. The first kappa shape index (κ1) is 21.6. The van der Waals surface area contributed by atoms with Crippen LogP contribution in [0, 0.1) is 5.92 Å². The maximum absolute atomic E-state index is 11.9. The second-order valence-electron chi connectivity index (χ2n) is 4.98. The number of ether oxygens (including phenoxy) is 1. The zero-order chi connectivity index (χ0) is 14.4. The average molecular weight is 371 g/mol. The molecule has 1 aliphatic heterocycles. The zero-order valence-electron chi connectivity index (χ0n) is 12.8. The van der Waals surface area contributed by atoms with Crippen LogP contribution in [0.2, 0.25) is 0 Å². The number of hydrogen-bond acceptors (Lipinski definition) is 6. The number of hydrogen-bond donors (Lipinski definition) is 2. The van der Waals surface area contributed by atoms with Gasteiger partial charge in [-0.15, -0.1) is 36.2 Å². The third-order valence-corrected chi connectivity index (χ3v) is 4.04. The van der Waals surface area contributed by atoms with Crippen molar-refractivity contribution in [3.8, 4) is 0 Å². The Kier molecular flexibility index (Phi) is 10.9. The first-order valence-corrected chi connectivity index (χ1v) is 7.77. The van der Waals surface area contributed by atoms with Crippen molar-refractivity contribution in [3.63, 3.8) is 0 Å². The van der Waals surface area contributed by atoms with E-state index in [9.17, 15) is 4.79 Å². The lowest BCUT2D eigenvalue weighted by molar-refractivity contribution is -0.119. The van der Waals surface area contributed by atoms with Crippen molar-refractivity contribution in [1.82, 2.24) is 15.2 Å². The Bertz CT molecular complexity index is 441. The van der Waals surface area contributed by atoms with E-state index in [2.05, 4.69) is 20.5 Å². The van der Waals surface area contributed by atoms with Crippen LogP contribution in [0.5, 0.6) is 0 Å². The van der Waals surface area contributed by atoms with Crippen LogP contribution in [0.15, 0.2) is 5.38 Å². The van der Waals surface area contributed by atoms with Crippen molar-refractivity contribution in [1.29, 1.82) is 0 Å². The van der Waals surface area contributed by atoms with E-state index in [1.54, 1.807) is 0 Å². The normalized spacial score (nSPS) is 16.3. The number of nitrogens with one attached hydrogen (secondary N) is 2. The lowest BCUT2D eigenvalue weighted by atomic mass is 10.2. The summed E-state index contributed by atoms with van der Waals surface area (Å²) in [7, 11) is 1.84. The lowest BCUT2D eigenvalue weighted by Gasteiger charge is -2.25. The Balaban J connectivity index is 0.00000220. The highest BCUT2D eigenvalue weighted by molar-refractivity contribution is 7.13. The number of nitrogens with zero attached hydrogens (tertiary/aromatic N) is 2. The number of amides is 1. The number of carbonyl (C=O) groups excluding carboxylic acids is 1. The number of halogens is 2. The molecule has 0 radical (unpaired) electrons. The quantitative estimate of drug-likeness (QED) is 0.796. The molecule has 1 atom stereocenters. The Morgan fingerprint density at radius 1 is 1.45 bits per heavy atom. The highest BCUT2D eigenvalue weighted by Gasteiger charge is 2.15. The van der Waals surface area contributed by atoms with Gasteiger partial charge >= 0.3 is 0 Å².